The van der Waals surface area contributed by atoms with Crippen molar-refractivity contribution in [2.24, 2.45) is 7.05 Å². The molecule has 0 amide bonds. The van der Waals surface area contributed by atoms with Gasteiger partial charge in [0.2, 0.25) is 0 Å². The second kappa shape index (κ2) is 7.18. The number of hydrogen-bond acceptors (Lipinski definition) is 4. The number of piperidine rings is 1. The van der Waals surface area contributed by atoms with E-state index < -0.39 is 0 Å². The van der Waals surface area contributed by atoms with Crippen LogP contribution in [0.5, 0.6) is 0 Å². The number of aliphatic hydroxyl groups excluding tert-OH is 1. The number of rotatable bonds is 4. The Kier molecular flexibility index (Phi) is 5.21. The van der Waals surface area contributed by atoms with Crippen molar-refractivity contribution < 1.29 is 5.11 Å². The van der Waals surface area contributed by atoms with E-state index in [0.717, 1.165) is 30.8 Å². The molecule has 3 rings (SSSR count). The molecule has 1 aromatic carbocycles. The first-order valence-corrected chi connectivity index (χ1v) is 8.50. The highest BCUT2D eigenvalue weighted by molar-refractivity contribution is 6.36. The molecule has 0 aliphatic carbocycles. The van der Waals surface area contributed by atoms with Gasteiger partial charge in [-0.15, -0.1) is 0 Å². The maximum atomic E-state index is 9.77. The predicted octanol–water partition coefficient (Wildman–Crippen LogP) is 2.67. The Hall–Kier alpha value is -1.14. The van der Waals surface area contributed by atoms with Gasteiger partial charge >= 0.3 is 0 Å². The maximum Gasteiger partial charge on any atom is 0.155 e. The van der Waals surface area contributed by atoms with Crippen molar-refractivity contribution >= 4 is 23.2 Å². The largest absolute Gasteiger partial charge is 0.392 e. The van der Waals surface area contributed by atoms with Gasteiger partial charge in [-0.2, -0.15) is 5.10 Å². The Balaban J connectivity index is 1.73. The topological polar surface area (TPSA) is 54.2 Å². The molecular weight excluding hydrogens is 335 g/mol. The number of β-amino-alcohol motifs (C(OH)–C–C–N with tert-alkyl or cyclic N) is 1. The third-order valence-electron chi connectivity index (χ3n) is 4.14. The lowest BCUT2D eigenvalue weighted by molar-refractivity contribution is 0.0649. The molecule has 0 spiro atoms. The molecule has 0 saturated carbocycles. The third-order valence-corrected chi connectivity index (χ3v) is 4.85. The zero-order valence-corrected chi connectivity index (χ0v) is 14.6. The average Bonchev–Trinajstić information content (AvgIpc) is 2.83. The van der Waals surface area contributed by atoms with Gasteiger partial charge in [-0.1, -0.05) is 29.3 Å². The van der Waals surface area contributed by atoms with Crippen LogP contribution < -0.4 is 0 Å². The molecule has 1 N–H and O–H groups in total. The summed E-state index contributed by atoms with van der Waals surface area (Å²) in [5.74, 6) is 1.59. The van der Waals surface area contributed by atoms with E-state index in [-0.39, 0.29) is 6.10 Å². The number of hydrogen-bond donors (Lipinski definition) is 1. The van der Waals surface area contributed by atoms with Crippen molar-refractivity contribution in [1.82, 2.24) is 19.7 Å². The summed E-state index contributed by atoms with van der Waals surface area (Å²) in [6.45, 7) is 2.37. The molecule has 124 valence electrons. The summed E-state index contributed by atoms with van der Waals surface area (Å²) in [5.41, 5.74) is 0.848. The summed E-state index contributed by atoms with van der Waals surface area (Å²) in [7, 11) is 1.89. The zero-order valence-electron chi connectivity index (χ0n) is 13.0. The van der Waals surface area contributed by atoms with Gasteiger partial charge in [0.05, 0.1) is 12.6 Å². The highest BCUT2D eigenvalue weighted by atomic mass is 35.5. The van der Waals surface area contributed by atoms with Crippen LogP contribution in [0.3, 0.4) is 0 Å². The first kappa shape index (κ1) is 16.7. The van der Waals surface area contributed by atoms with Gasteiger partial charge in [0.15, 0.2) is 5.82 Å². The number of nitrogens with zero attached hydrogens (tertiary/aromatic N) is 4. The second-order valence-electron chi connectivity index (χ2n) is 5.98. The first-order valence-electron chi connectivity index (χ1n) is 7.75. The second-order valence-corrected chi connectivity index (χ2v) is 6.79. The van der Waals surface area contributed by atoms with Gasteiger partial charge in [-0.3, -0.25) is 9.58 Å². The van der Waals surface area contributed by atoms with E-state index in [4.69, 9.17) is 23.2 Å². The Bertz CT molecular complexity index is 668. The van der Waals surface area contributed by atoms with E-state index in [1.165, 1.54) is 0 Å². The number of aliphatic hydroxyl groups is 1. The van der Waals surface area contributed by atoms with Gasteiger partial charge in [0.25, 0.3) is 0 Å². The fourth-order valence-corrected chi connectivity index (χ4v) is 3.45. The van der Waals surface area contributed by atoms with Crippen LogP contribution in [0, 0.1) is 0 Å². The number of likely N-dealkylation sites (tertiary alicyclic amines) is 1. The lowest BCUT2D eigenvalue weighted by atomic mass is 10.1. The summed E-state index contributed by atoms with van der Waals surface area (Å²) >= 11 is 12.4. The smallest absolute Gasteiger partial charge is 0.155 e. The van der Waals surface area contributed by atoms with Crippen LogP contribution in [0.25, 0.3) is 0 Å². The average molecular weight is 355 g/mol. The van der Waals surface area contributed by atoms with Crippen molar-refractivity contribution in [3.63, 3.8) is 0 Å². The van der Waals surface area contributed by atoms with Crippen LogP contribution in [-0.2, 0) is 20.0 Å². The normalized spacial score (nSPS) is 19.2. The molecular formula is C16H20Cl2N4O. The highest BCUT2D eigenvalue weighted by Gasteiger charge is 2.20. The van der Waals surface area contributed by atoms with Gasteiger partial charge in [-0.05, 0) is 37.1 Å². The van der Waals surface area contributed by atoms with E-state index in [2.05, 4.69) is 15.0 Å². The molecule has 2 aromatic rings. The predicted molar refractivity (Wildman–Crippen MR) is 90.8 cm³/mol. The Morgan fingerprint density at radius 2 is 2.04 bits per heavy atom. The van der Waals surface area contributed by atoms with E-state index in [0.29, 0.717) is 35.4 Å². The Morgan fingerprint density at radius 1 is 1.30 bits per heavy atom. The zero-order chi connectivity index (χ0) is 16.4. The Morgan fingerprint density at radius 3 is 2.74 bits per heavy atom. The first-order chi connectivity index (χ1) is 11.0. The number of aryl methyl sites for hydroxylation is 1. The summed E-state index contributed by atoms with van der Waals surface area (Å²) in [4.78, 5) is 6.83. The van der Waals surface area contributed by atoms with Crippen LogP contribution in [0.15, 0.2) is 18.2 Å². The summed E-state index contributed by atoms with van der Waals surface area (Å²) in [6, 6.07) is 5.47. The lowest BCUT2D eigenvalue weighted by Crippen LogP contribution is -2.38. The molecule has 1 atom stereocenters. The van der Waals surface area contributed by atoms with Crippen molar-refractivity contribution in [3.05, 3.63) is 45.5 Å². The molecule has 1 aromatic heterocycles. The van der Waals surface area contributed by atoms with E-state index in [1.54, 1.807) is 4.68 Å². The molecule has 1 aliphatic rings. The van der Waals surface area contributed by atoms with Crippen LogP contribution >= 0.6 is 23.2 Å². The fraction of sp³-hybridized carbons (Fsp3) is 0.500. The van der Waals surface area contributed by atoms with Crippen LogP contribution in [0.4, 0.5) is 0 Å². The molecule has 0 radical (unpaired) electrons. The van der Waals surface area contributed by atoms with Crippen molar-refractivity contribution in [1.29, 1.82) is 0 Å². The van der Waals surface area contributed by atoms with Gasteiger partial charge in [0.1, 0.15) is 5.82 Å². The molecule has 1 saturated heterocycles. The fourth-order valence-electron chi connectivity index (χ4n) is 2.92. The number of benzene rings is 1. The van der Waals surface area contributed by atoms with Crippen LogP contribution in [0.1, 0.15) is 30.1 Å². The van der Waals surface area contributed by atoms with Gasteiger partial charge in [0, 0.05) is 30.1 Å². The molecule has 23 heavy (non-hydrogen) atoms. The monoisotopic (exact) mass is 354 g/mol. The molecule has 1 fully saturated rings. The molecule has 0 bridgehead atoms. The molecule has 2 heterocycles. The maximum absolute atomic E-state index is 9.77. The summed E-state index contributed by atoms with van der Waals surface area (Å²) in [5, 5.41) is 15.5. The van der Waals surface area contributed by atoms with E-state index >= 15 is 0 Å². The Labute approximate surface area is 145 Å². The minimum absolute atomic E-state index is 0.238. The van der Waals surface area contributed by atoms with Crippen LogP contribution in [-0.4, -0.2) is 44.0 Å². The third kappa shape index (κ3) is 4.04. The molecule has 5 nitrogen and oxygen atoms in total. The van der Waals surface area contributed by atoms with Crippen molar-refractivity contribution in [3.8, 4) is 0 Å². The highest BCUT2D eigenvalue weighted by Crippen LogP contribution is 2.26. The van der Waals surface area contributed by atoms with Gasteiger partial charge in [-0.25, -0.2) is 4.98 Å². The van der Waals surface area contributed by atoms with Crippen molar-refractivity contribution in [2.45, 2.75) is 31.9 Å². The quantitative estimate of drug-likeness (QED) is 0.916. The minimum atomic E-state index is -0.238. The SMILES string of the molecule is Cn1nc(Cc2c(Cl)cccc2Cl)nc1CN1CCC[C@H](O)C1. The molecule has 0 unspecified atom stereocenters. The summed E-state index contributed by atoms with van der Waals surface area (Å²) in [6.07, 6.45) is 2.17. The van der Waals surface area contributed by atoms with Crippen molar-refractivity contribution in [2.75, 3.05) is 13.1 Å². The lowest BCUT2D eigenvalue weighted by Gasteiger charge is -2.29. The number of halogens is 2. The summed E-state index contributed by atoms with van der Waals surface area (Å²) < 4.78 is 1.79. The number of aromatic nitrogens is 3. The molecule has 7 heteroatoms. The van der Waals surface area contributed by atoms with E-state index in [1.807, 2.05) is 25.2 Å². The minimum Gasteiger partial charge on any atom is -0.392 e. The standard InChI is InChI=1S/C16H20Cl2N4O/c1-21-16(10-22-7-3-4-11(23)9-22)19-15(20-21)8-12-13(17)5-2-6-14(12)18/h2,5-6,11,23H,3-4,7-10H2,1H3/t11-/m0/s1. The van der Waals surface area contributed by atoms with Gasteiger partial charge < -0.3 is 5.11 Å². The van der Waals surface area contributed by atoms with Crippen LogP contribution in [0.2, 0.25) is 10.0 Å². The van der Waals surface area contributed by atoms with E-state index in [9.17, 15) is 5.11 Å². The molecule has 1 aliphatic heterocycles.